The highest BCUT2D eigenvalue weighted by molar-refractivity contribution is 5.79. The second kappa shape index (κ2) is 6.45. The number of esters is 1. The van der Waals surface area contributed by atoms with Crippen LogP contribution in [-0.2, 0) is 9.53 Å². The fourth-order valence-corrected chi connectivity index (χ4v) is 4.63. The first-order valence-electron chi connectivity index (χ1n) is 9.26. The Morgan fingerprint density at radius 2 is 1.59 bits per heavy atom. The molecule has 2 aromatic rings. The van der Waals surface area contributed by atoms with Crippen molar-refractivity contribution in [3.8, 4) is 28.7 Å². The minimum Gasteiger partial charge on any atom is -0.502 e. The summed E-state index contributed by atoms with van der Waals surface area (Å²) in [4.78, 5) is 12.7. The predicted octanol–water partition coefficient (Wildman–Crippen LogP) is 2.11. The van der Waals surface area contributed by atoms with Crippen molar-refractivity contribution in [3.63, 3.8) is 0 Å². The van der Waals surface area contributed by atoms with E-state index in [0.717, 1.165) is 5.56 Å². The summed E-state index contributed by atoms with van der Waals surface area (Å²) in [5.74, 6) is -0.324. The molecule has 0 spiro atoms. The molecule has 0 radical (unpaired) electrons. The van der Waals surface area contributed by atoms with Gasteiger partial charge < -0.3 is 33.9 Å². The van der Waals surface area contributed by atoms with Crippen molar-refractivity contribution in [1.82, 2.24) is 0 Å². The average Bonchev–Trinajstić information content (AvgIpc) is 3.34. The maximum Gasteiger partial charge on any atom is 0.310 e. The Labute approximate surface area is 166 Å². The number of aliphatic hydroxyl groups is 1. The van der Waals surface area contributed by atoms with E-state index in [4.69, 9.17) is 23.7 Å². The van der Waals surface area contributed by atoms with Gasteiger partial charge in [0.25, 0.3) is 0 Å². The summed E-state index contributed by atoms with van der Waals surface area (Å²) < 4.78 is 26.9. The number of ether oxygens (including phenoxy) is 5. The van der Waals surface area contributed by atoms with Crippen LogP contribution in [0.5, 0.6) is 28.7 Å². The lowest BCUT2D eigenvalue weighted by atomic mass is 9.66. The summed E-state index contributed by atoms with van der Waals surface area (Å²) in [6, 6.07) is 6.93. The van der Waals surface area contributed by atoms with Crippen molar-refractivity contribution in [2.24, 2.45) is 11.8 Å². The molecule has 0 saturated carbocycles. The van der Waals surface area contributed by atoms with Gasteiger partial charge in [-0.15, -0.1) is 0 Å². The first-order chi connectivity index (χ1) is 14.0. The van der Waals surface area contributed by atoms with E-state index in [9.17, 15) is 15.0 Å². The Morgan fingerprint density at radius 1 is 0.966 bits per heavy atom. The Balaban J connectivity index is 1.75. The number of phenols is 1. The first-order valence-corrected chi connectivity index (χ1v) is 9.26. The lowest BCUT2D eigenvalue weighted by Gasteiger charge is -2.37. The van der Waals surface area contributed by atoms with Crippen LogP contribution in [0.2, 0.25) is 0 Å². The molecule has 2 aromatic carbocycles. The van der Waals surface area contributed by atoms with E-state index in [1.165, 1.54) is 14.2 Å². The topological polar surface area (TPSA) is 104 Å². The molecule has 8 nitrogen and oxygen atoms in total. The van der Waals surface area contributed by atoms with Crippen molar-refractivity contribution in [3.05, 3.63) is 41.0 Å². The Hall–Kier alpha value is -3.13. The fourth-order valence-electron chi connectivity index (χ4n) is 4.63. The molecule has 152 valence electrons. The van der Waals surface area contributed by atoms with Gasteiger partial charge in [-0.3, -0.25) is 4.79 Å². The molecule has 1 saturated heterocycles. The molecule has 0 aromatic heterocycles. The second-order valence-electron chi connectivity index (χ2n) is 7.35. The highest BCUT2D eigenvalue weighted by Crippen LogP contribution is 2.55. The van der Waals surface area contributed by atoms with Crippen LogP contribution >= 0.6 is 0 Å². The van der Waals surface area contributed by atoms with Gasteiger partial charge in [-0.1, -0.05) is 0 Å². The quantitative estimate of drug-likeness (QED) is 0.755. The summed E-state index contributed by atoms with van der Waals surface area (Å²) in [7, 11) is 2.89. The highest BCUT2D eigenvalue weighted by atomic mass is 16.7. The molecule has 5 rings (SSSR count). The van der Waals surface area contributed by atoms with Gasteiger partial charge in [0.1, 0.15) is 0 Å². The number of methoxy groups -OCH3 is 2. The zero-order chi connectivity index (χ0) is 20.3. The maximum absolute atomic E-state index is 12.7. The van der Waals surface area contributed by atoms with E-state index in [2.05, 4.69) is 0 Å². The fraction of sp³-hybridized carbons (Fsp3) is 0.381. The summed E-state index contributed by atoms with van der Waals surface area (Å²) >= 11 is 0. The van der Waals surface area contributed by atoms with Gasteiger partial charge in [-0.2, -0.15) is 0 Å². The third-order valence-corrected chi connectivity index (χ3v) is 6.01. The van der Waals surface area contributed by atoms with Gasteiger partial charge >= 0.3 is 5.97 Å². The number of rotatable bonds is 3. The molecule has 2 aliphatic heterocycles. The SMILES string of the molecule is COc1cc([C@@H]2c3cc4c(cc3[C@H](O)[C@H]3COC(=O)C23)OCO4)cc(OC)c1O. The van der Waals surface area contributed by atoms with E-state index in [0.29, 0.717) is 22.6 Å². The molecule has 1 aliphatic carbocycles. The zero-order valence-electron chi connectivity index (χ0n) is 15.9. The Morgan fingerprint density at radius 3 is 2.21 bits per heavy atom. The van der Waals surface area contributed by atoms with Crippen LogP contribution in [0.25, 0.3) is 0 Å². The molecule has 1 fully saturated rings. The number of hydrogen-bond donors (Lipinski definition) is 2. The molecule has 2 heterocycles. The summed E-state index contributed by atoms with van der Waals surface area (Å²) in [5.41, 5.74) is 2.12. The smallest absolute Gasteiger partial charge is 0.310 e. The number of benzene rings is 2. The molecule has 29 heavy (non-hydrogen) atoms. The molecule has 0 amide bonds. The number of aliphatic hydroxyl groups excluding tert-OH is 1. The highest BCUT2D eigenvalue weighted by Gasteiger charge is 2.52. The van der Waals surface area contributed by atoms with Gasteiger partial charge in [0.05, 0.1) is 32.8 Å². The molecule has 2 N–H and O–H groups in total. The van der Waals surface area contributed by atoms with Crippen molar-refractivity contribution >= 4 is 5.97 Å². The standard InChI is InChI=1S/C21H20O8/c1-25-15-3-9(4-16(26-2)20(15)23)17-10-5-13-14(29-8-28-13)6-11(10)19(22)12-7-27-21(24)18(12)17/h3-6,12,17-19,22-23H,7-8H2,1-2H3/t12-,17+,18?,19-/m0/s1. The van der Waals surface area contributed by atoms with Crippen LogP contribution in [0.1, 0.15) is 28.7 Å². The summed E-state index contributed by atoms with van der Waals surface area (Å²) in [5, 5.41) is 21.3. The largest absolute Gasteiger partial charge is 0.502 e. The number of hydrogen-bond acceptors (Lipinski definition) is 8. The monoisotopic (exact) mass is 400 g/mol. The average molecular weight is 400 g/mol. The third-order valence-electron chi connectivity index (χ3n) is 6.01. The number of carbonyl (C=O) groups excluding carboxylic acids is 1. The van der Waals surface area contributed by atoms with Crippen LogP contribution < -0.4 is 18.9 Å². The van der Waals surface area contributed by atoms with Crippen molar-refractivity contribution in [1.29, 1.82) is 0 Å². The summed E-state index contributed by atoms with van der Waals surface area (Å²) in [6.45, 7) is 0.246. The van der Waals surface area contributed by atoms with Crippen molar-refractivity contribution < 1.29 is 38.7 Å². The van der Waals surface area contributed by atoms with Gasteiger partial charge in [0.2, 0.25) is 12.5 Å². The third kappa shape index (κ3) is 2.52. The molecular weight excluding hydrogens is 380 g/mol. The van der Waals surface area contributed by atoms with E-state index >= 15 is 0 Å². The van der Waals surface area contributed by atoms with Gasteiger partial charge in [-0.05, 0) is 41.0 Å². The molecule has 4 atom stereocenters. The maximum atomic E-state index is 12.7. The van der Waals surface area contributed by atoms with Crippen molar-refractivity contribution in [2.75, 3.05) is 27.6 Å². The van der Waals surface area contributed by atoms with Gasteiger partial charge in [0.15, 0.2) is 23.0 Å². The van der Waals surface area contributed by atoms with Gasteiger partial charge in [-0.25, -0.2) is 0 Å². The number of cyclic esters (lactones) is 1. The lowest BCUT2D eigenvalue weighted by Crippen LogP contribution is -2.34. The van der Waals surface area contributed by atoms with Crippen LogP contribution in [0, 0.1) is 11.8 Å². The normalized spacial score (nSPS) is 26.5. The molecule has 0 bridgehead atoms. The van der Waals surface area contributed by atoms with Crippen molar-refractivity contribution in [2.45, 2.75) is 12.0 Å². The minimum atomic E-state index is -0.867. The van der Waals surface area contributed by atoms with Crippen LogP contribution in [-0.4, -0.2) is 43.8 Å². The number of phenolic OH excluding ortho intramolecular Hbond substituents is 1. The van der Waals surface area contributed by atoms with E-state index in [1.807, 2.05) is 0 Å². The van der Waals surface area contributed by atoms with Crippen LogP contribution in [0.4, 0.5) is 0 Å². The minimum absolute atomic E-state index is 0.106. The molecular formula is C21H20O8. The van der Waals surface area contributed by atoms with E-state index < -0.39 is 23.9 Å². The number of fused-ring (bicyclic) bond motifs is 3. The lowest BCUT2D eigenvalue weighted by molar-refractivity contribution is -0.141. The molecule has 8 heteroatoms. The van der Waals surface area contributed by atoms with Crippen LogP contribution in [0.15, 0.2) is 24.3 Å². The van der Waals surface area contributed by atoms with Gasteiger partial charge in [0, 0.05) is 11.8 Å². The predicted molar refractivity (Wildman–Crippen MR) is 98.5 cm³/mol. The zero-order valence-corrected chi connectivity index (χ0v) is 15.9. The Bertz CT molecular complexity index is 975. The number of aromatic hydroxyl groups is 1. The molecule has 3 aliphatic rings. The second-order valence-corrected chi connectivity index (χ2v) is 7.35. The number of carbonyl (C=O) groups is 1. The Kier molecular flexibility index (Phi) is 3.99. The summed E-state index contributed by atoms with van der Waals surface area (Å²) in [6.07, 6.45) is -0.867. The van der Waals surface area contributed by atoms with Crippen LogP contribution in [0.3, 0.4) is 0 Å². The first kappa shape index (κ1) is 17.9. The molecule has 1 unspecified atom stereocenters. The van der Waals surface area contributed by atoms with E-state index in [-0.39, 0.29) is 36.6 Å². The van der Waals surface area contributed by atoms with E-state index in [1.54, 1.807) is 24.3 Å².